The Balaban J connectivity index is 2.63. The third kappa shape index (κ3) is 1.58. The summed E-state index contributed by atoms with van der Waals surface area (Å²) in [7, 11) is 0. The van der Waals surface area contributed by atoms with Crippen molar-refractivity contribution in [2.45, 2.75) is 30.7 Å². The Morgan fingerprint density at radius 1 is 0.917 bits per heavy atom. The normalized spacial score (nSPS) is 49.2. The Kier molecular flexibility index (Phi) is 2.99. The number of ether oxygens (including phenoxy) is 1. The van der Waals surface area contributed by atoms with Crippen LogP contribution in [0.4, 0.5) is 0 Å². The predicted octanol–water partition coefficient (Wildman–Crippen LogP) is -3.22. The summed E-state index contributed by atoms with van der Waals surface area (Å²) in [5, 5.41) is 44.7. The first-order chi connectivity index (χ1) is 5.57. The number of aliphatic hydroxyl groups is 5. The maximum atomic E-state index is 9.12. The summed E-state index contributed by atoms with van der Waals surface area (Å²) in [6.07, 6.45) is -7.04. The highest BCUT2D eigenvalue weighted by molar-refractivity contribution is 4.87. The van der Waals surface area contributed by atoms with Gasteiger partial charge in [-0.15, -0.1) is 0 Å². The van der Waals surface area contributed by atoms with Crippen LogP contribution in [0, 0.1) is 0 Å². The molecule has 0 bridgehead atoms. The van der Waals surface area contributed by atoms with Crippen LogP contribution in [0.1, 0.15) is 0 Å². The molecule has 1 saturated heterocycles. The minimum absolute atomic E-state index is 0.526. The van der Waals surface area contributed by atoms with Crippen LogP contribution < -0.4 is 0 Å². The second kappa shape index (κ2) is 3.65. The topological polar surface area (TPSA) is 110 Å². The van der Waals surface area contributed by atoms with Gasteiger partial charge in [-0.1, -0.05) is 0 Å². The lowest BCUT2D eigenvalue weighted by Crippen LogP contribution is -2.58. The number of hydrogen-bond acceptors (Lipinski definition) is 6. The van der Waals surface area contributed by atoms with Crippen molar-refractivity contribution < 1.29 is 30.3 Å². The summed E-state index contributed by atoms with van der Waals surface area (Å²) in [5.74, 6) is 0. The molecule has 0 radical (unpaired) electrons. The van der Waals surface area contributed by atoms with Gasteiger partial charge in [0.15, 0.2) is 6.29 Å². The molecular formula is C6H12O6. The number of hydrogen-bond donors (Lipinski definition) is 5. The van der Waals surface area contributed by atoms with Gasteiger partial charge >= 0.3 is 0 Å². The van der Waals surface area contributed by atoms with E-state index in [-0.39, 0.29) is 0 Å². The fourth-order valence-electron chi connectivity index (χ4n) is 1.08. The summed E-state index contributed by atoms with van der Waals surface area (Å²) in [6.45, 7) is -0.526. The lowest BCUT2D eigenvalue weighted by atomic mass is 10.00. The molecule has 5 atom stereocenters. The molecule has 12 heavy (non-hydrogen) atoms. The van der Waals surface area contributed by atoms with E-state index in [2.05, 4.69) is 4.74 Å². The van der Waals surface area contributed by atoms with Gasteiger partial charge in [0.05, 0.1) is 6.61 Å². The Morgan fingerprint density at radius 3 is 2.00 bits per heavy atom. The fourth-order valence-corrected chi connectivity index (χ4v) is 1.08. The van der Waals surface area contributed by atoms with Crippen molar-refractivity contribution in [3.8, 4) is 0 Å². The quantitative estimate of drug-likeness (QED) is 0.290. The standard InChI is InChI=1S/C6H12O6/c7-1-2-3(8)4(9)5(10)6(11)12-2/h2-11H,1H2/t2?,3?,4?,5?,6-/m1/s1. The van der Waals surface area contributed by atoms with E-state index in [0.717, 1.165) is 0 Å². The number of rotatable bonds is 1. The van der Waals surface area contributed by atoms with Crippen molar-refractivity contribution in [2.24, 2.45) is 0 Å². The first kappa shape index (κ1) is 9.85. The van der Waals surface area contributed by atoms with Crippen LogP contribution in [0.5, 0.6) is 0 Å². The summed E-state index contributed by atoms with van der Waals surface area (Å²) < 4.78 is 4.58. The van der Waals surface area contributed by atoms with E-state index in [1.54, 1.807) is 0 Å². The zero-order valence-electron chi connectivity index (χ0n) is 6.24. The molecule has 0 spiro atoms. The van der Waals surface area contributed by atoms with Gasteiger partial charge in [-0.05, 0) is 0 Å². The second-order valence-corrected chi connectivity index (χ2v) is 2.72. The third-order valence-corrected chi connectivity index (χ3v) is 1.87. The Morgan fingerprint density at radius 2 is 1.50 bits per heavy atom. The molecule has 1 fully saturated rings. The van der Waals surface area contributed by atoms with Gasteiger partial charge in [0.25, 0.3) is 0 Å². The van der Waals surface area contributed by atoms with Gasteiger partial charge in [0.1, 0.15) is 24.4 Å². The van der Waals surface area contributed by atoms with Gasteiger partial charge in [-0.3, -0.25) is 0 Å². The molecule has 1 aliphatic heterocycles. The molecule has 0 aliphatic carbocycles. The Bertz CT molecular complexity index is 146. The Labute approximate surface area is 68.6 Å². The maximum Gasteiger partial charge on any atom is 0.184 e. The predicted molar refractivity (Wildman–Crippen MR) is 36.0 cm³/mol. The Hall–Kier alpha value is -0.240. The molecule has 1 aliphatic rings. The molecule has 0 aromatic heterocycles. The second-order valence-electron chi connectivity index (χ2n) is 2.72. The number of aliphatic hydroxyl groups excluding tert-OH is 5. The van der Waals surface area contributed by atoms with Crippen LogP contribution in [-0.2, 0) is 4.74 Å². The van der Waals surface area contributed by atoms with Crippen LogP contribution in [0.3, 0.4) is 0 Å². The monoisotopic (exact) mass is 180 g/mol. The van der Waals surface area contributed by atoms with Gasteiger partial charge in [0.2, 0.25) is 0 Å². The largest absolute Gasteiger partial charge is 0.394 e. The summed E-state index contributed by atoms with van der Waals surface area (Å²) in [4.78, 5) is 0. The molecule has 72 valence electrons. The van der Waals surface area contributed by atoms with Gasteiger partial charge < -0.3 is 30.3 Å². The van der Waals surface area contributed by atoms with Gasteiger partial charge in [0, 0.05) is 0 Å². The molecule has 4 unspecified atom stereocenters. The van der Waals surface area contributed by atoms with Gasteiger partial charge in [-0.2, -0.15) is 0 Å². The third-order valence-electron chi connectivity index (χ3n) is 1.87. The van der Waals surface area contributed by atoms with E-state index in [9.17, 15) is 0 Å². The van der Waals surface area contributed by atoms with E-state index in [1.165, 1.54) is 0 Å². The average Bonchev–Trinajstić information content (AvgIpc) is 2.08. The highest BCUT2D eigenvalue weighted by Crippen LogP contribution is 2.18. The summed E-state index contributed by atoms with van der Waals surface area (Å²) >= 11 is 0. The van der Waals surface area contributed by atoms with Crippen LogP contribution in [-0.4, -0.2) is 62.8 Å². The van der Waals surface area contributed by atoms with Crippen molar-refractivity contribution in [3.05, 3.63) is 0 Å². The van der Waals surface area contributed by atoms with E-state index in [4.69, 9.17) is 25.5 Å². The first-order valence-corrected chi connectivity index (χ1v) is 3.56. The molecule has 6 heteroatoms. The first-order valence-electron chi connectivity index (χ1n) is 3.56. The van der Waals surface area contributed by atoms with Crippen LogP contribution in [0.15, 0.2) is 0 Å². The molecule has 1 heterocycles. The van der Waals surface area contributed by atoms with E-state index in [1.807, 2.05) is 0 Å². The molecule has 0 aromatic rings. The van der Waals surface area contributed by atoms with Crippen molar-refractivity contribution in [2.75, 3.05) is 6.61 Å². The van der Waals surface area contributed by atoms with Crippen LogP contribution in [0.25, 0.3) is 0 Å². The fraction of sp³-hybridized carbons (Fsp3) is 1.00. The van der Waals surface area contributed by atoms with Crippen molar-refractivity contribution in [1.82, 2.24) is 0 Å². The van der Waals surface area contributed by atoms with E-state index in [0.29, 0.717) is 0 Å². The average molecular weight is 180 g/mol. The maximum absolute atomic E-state index is 9.12. The zero-order valence-corrected chi connectivity index (χ0v) is 6.24. The van der Waals surface area contributed by atoms with E-state index < -0.39 is 37.3 Å². The highest BCUT2D eigenvalue weighted by Gasteiger charge is 2.42. The minimum Gasteiger partial charge on any atom is -0.394 e. The molecule has 5 N–H and O–H groups in total. The zero-order chi connectivity index (χ0) is 9.30. The van der Waals surface area contributed by atoms with Crippen LogP contribution >= 0.6 is 0 Å². The molecule has 0 amide bonds. The highest BCUT2D eigenvalue weighted by atomic mass is 16.6. The molecule has 6 nitrogen and oxygen atoms in total. The minimum atomic E-state index is -1.57. The lowest BCUT2D eigenvalue weighted by molar-refractivity contribution is -0.286. The van der Waals surface area contributed by atoms with Crippen LogP contribution in [0.2, 0.25) is 0 Å². The smallest absolute Gasteiger partial charge is 0.184 e. The summed E-state index contributed by atoms with van der Waals surface area (Å²) in [6, 6.07) is 0. The molecule has 0 aromatic carbocycles. The molecule has 1 rings (SSSR count). The van der Waals surface area contributed by atoms with Gasteiger partial charge in [-0.25, -0.2) is 0 Å². The van der Waals surface area contributed by atoms with Crippen molar-refractivity contribution >= 4 is 0 Å². The molecular weight excluding hydrogens is 168 g/mol. The van der Waals surface area contributed by atoms with Crippen molar-refractivity contribution in [3.63, 3.8) is 0 Å². The van der Waals surface area contributed by atoms with Crippen molar-refractivity contribution in [1.29, 1.82) is 0 Å². The molecule has 0 saturated carbocycles. The SMILES string of the molecule is OCC1O[C@@H](O)C(O)C(O)C1O. The summed E-state index contributed by atoms with van der Waals surface area (Å²) in [5.41, 5.74) is 0. The van der Waals surface area contributed by atoms with E-state index >= 15 is 0 Å². The lowest BCUT2D eigenvalue weighted by Gasteiger charge is -2.37.